The van der Waals surface area contributed by atoms with Crippen molar-refractivity contribution in [2.45, 2.75) is 19.3 Å². The average molecular weight is 256 g/mol. The third-order valence-corrected chi connectivity index (χ3v) is 2.60. The van der Waals surface area contributed by atoms with Crippen molar-refractivity contribution in [2.24, 2.45) is 0 Å². The molecule has 0 saturated heterocycles. The van der Waals surface area contributed by atoms with Crippen LogP contribution in [0.25, 0.3) is 0 Å². The number of rotatable bonds is 5. The van der Waals surface area contributed by atoms with E-state index in [1.807, 2.05) is 19.2 Å². The summed E-state index contributed by atoms with van der Waals surface area (Å²) >= 11 is 3.44. The first-order valence-corrected chi connectivity index (χ1v) is 5.47. The molecule has 3 heteroatoms. The maximum absolute atomic E-state index is 10.2. The molecule has 0 atom stereocenters. The van der Waals surface area contributed by atoms with Gasteiger partial charge >= 0.3 is 0 Å². The number of nitrogens with one attached hydrogen (secondary N) is 1. The van der Waals surface area contributed by atoms with E-state index in [0.717, 1.165) is 29.3 Å². The van der Waals surface area contributed by atoms with Crippen LogP contribution < -0.4 is 5.32 Å². The van der Waals surface area contributed by atoms with E-state index in [1.54, 1.807) is 0 Å². The minimum Gasteiger partial charge on any atom is -0.388 e. The van der Waals surface area contributed by atoms with E-state index in [0.29, 0.717) is 6.42 Å². The van der Waals surface area contributed by atoms with E-state index < -0.39 is 0 Å². The number of aryl methyl sites for hydroxylation is 1. The van der Waals surface area contributed by atoms with Crippen LogP contribution in [0, 0.1) is 0 Å². The molecule has 2 nitrogen and oxygen atoms in total. The van der Waals surface area contributed by atoms with Gasteiger partial charge in [-0.25, -0.2) is 0 Å². The Hall–Kier alpha value is -0.830. The molecule has 0 saturated carbocycles. The second-order valence-corrected chi connectivity index (χ2v) is 4.03. The van der Waals surface area contributed by atoms with Crippen LogP contribution in [0.15, 0.2) is 22.7 Å². The third-order valence-electron chi connectivity index (χ3n) is 2.10. The predicted octanol–water partition coefficient (Wildman–Crippen LogP) is 3.01. The molecule has 1 aromatic carbocycles. The molecule has 0 amide bonds. The van der Waals surface area contributed by atoms with Gasteiger partial charge in [-0.1, -0.05) is 15.9 Å². The summed E-state index contributed by atoms with van der Waals surface area (Å²) < 4.78 is 1.08. The van der Waals surface area contributed by atoms with Crippen LogP contribution >= 0.6 is 15.9 Å². The summed E-state index contributed by atoms with van der Waals surface area (Å²) in [6.07, 6.45) is 3.45. The lowest BCUT2D eigenvalue weighted by Crippen LogP contribution is -1.95. The summed E-state index contributed by atoms with van der Waals surface area (Å²) in [6, 6.07) is 6.14. The van der Waals surface area contributed by atoms with Crippen LogP contribution in [0.1, 0.15) is 18.4 Å². The Kier molecular flexibility index (Phi) is 4.66. The third kappa shape index (κ3) is 3.14. The Morgan fingerprint density at radius 2 is 2.29 bits per heavy atom. The summed E-state index contributed by atoms with van der Waals surface area (Å²) in [4.78, 5) is 10.2. The van der Waals surface area contributed by atoms with Gasteiger partial charge in [0.2, 0.25) is 0 Å². The van der Waals surface area contributed by atoms with E-state index in [2.05, 4.69) is 27.3 Å². The number of hydrogen-bond acceptors (Lipinski definition) is 2. The molecule has 0 bridgehead atoms. The summed E-state index contributed by atoms with van der Waals surface area (Å²) in [6.45, 7) is 0. The largest absolute Gasteiger partial charge is 0.388 e. The van der Waals surface area contributed by atoms with Gasteiger partial charge in [0.15, 0.2) is 0 Å². The Labute approximate surface area is 92.8 Å². The van der Waals surface area contributed by atoms with Gasteiger partial charge in [0.05, 0.1) is 0 Å². The van der Waals surface area contributed by atoms with E-state index >= 15 is 0 Å². The van der Waals surface area contributed by atoms with Crippen molar-refractivity contribution >= 4 is 27.9 Å². The lowest BCUT2D eigenvalue weighted by atomic mass is 10.1. The van der Waals surface area contributed by atoms with E-state index in [4.69, 9.17) is 0 Å². The summed E-state index contributed by atoms with van der Waals surface area (Å²) in [7, 11) is 1.91. The average Bonchev–Trinajstić information content (AvgIpc) is 2.19. The number of aldehydes is 1. The molecule has 0 radical (unpaired) electrons. The molecule has 0 fully saturated rings. The summed E-state index contributed by atoms with van der Waals surface area (Å²) in [5, 5.41) is 3.14. The SMILES string of the molecule is CNc1ccc(Br)cc1CCCC=O. The van der Waals surface area contributed by atoms with Crippen LogP contribution in [0.5, 0.6) is 0 Å². The normalized spacial score (nSPS) is 9.86. The molecule has 0 heterocycles. The van der Waals surface area contributed by atoms with Crippen molar-refractivity contribution in [2.75, 3.05) is 12.4 Å². The second-order valence-electron chi connectivity index (χ2n) is 3.11. The van der Waals surface area contributed by atoms with Gasteiger partial charge in [0.1, 0.15) is 6.29 Å². The van der Waals surface area contributed by atoms with Gasteiger partial charge in [-0.3, -0.25) is 0 Å². The van der Waals surface area contributed by atoms with E-state index in [-0.39, 0.29) is 0 Å². The molecule has 76 valence electrons. The van der Waals surface area contributed by atoms with Gasteiger partial charge in [0, 0.05) is 23.6 Å². The van der Waals surface area contributed by atoms with Crippen molar-refractivity contribution < 1.29 is 4.79 Å². The molecule has 0 aliphatic heterocycles. The predicted molar refractivity (Wildman–Crippen MR) is 62.7 cm³/mol. The van der Waals surface area contributed by atoms with Gasteiger partial charge in [0.25, 0.3) is 0 Å². The minimum atomic E-state index is 0.635. The van der Waals surface area contributed by atoms with Crippen molar-refractivity contribution in [3.8, 4) is 0 Å². The molecule has 0 aromatic heterocycles. The lowest BCUT2D eigenvalue weighted by Gasteiger charge is -2.08. The number of hydrogen-bond donors (Lipinski definition) is 1. The standard InChI is InChI=1S/C11H14BrNO/c1-13-11-6-5-10(12)8-9(11)4-2-3-7-14/h5-8,13H,2-4H2,1H3. The maximum atomic E-state index is 10.2. The van der Waals surface area contributed by atoms with Crippen LogP contribution in [0.2, 0.25) is 0 Å². The zero-order valence-corrected chi connectivity index (χ0v) is 9.80. The molecular formula is C11H14BrNO. The van der Waals surface area contributed by atoms with E-state index in [1.165, 1.54) is 5.56 Å². The second kappa shape index (κ2) is 5.81. The fourth-order valence-electron chi connectivity index (χ4n) is 1.39. The smallest absolute Gasteiger partial charge is 0.120 e. The number of anilines is 1. The van der Waals surface area contributed by atoms with Crippen molar-refractivity contribution in [3.63, 3.8) is 0 Å². The van der Waals surface area contributed by atoms with Crippen LogP contribution in [-0.4, -0.2) is 13.3 Å². The number of halogens is 1. The fourth-order valence-corrected chi connectivity index (χ4v) is 1.80. The molecule has 0 unspecified atom stereocenters. The van der Waals surface area contributed by atoms with Crippen molar-refractivity contribution in [3.05, 3.63) is 28.2 Å². The molecule has 0 spiro atoms. The summed E-state index contributed by atoms with van der Waals surface area (Å²) in [5.74, 6) is 0. The Bertz CT molecular complexity index is 312. The lowest BCUT2D eigenvalue weighted by molar-refractivity contribution is -0.107. The highest BCUT2D eigenvalue weighted by Gasteiger charge is 2.01. The van der Waals surface area contributed by atoms with Crippen molar-refractivity contribution in [1.82, 2.24) is 0 Å². The van der Waals surface area contributed by atoms with Gasteiger partial charge in [-0.15, -0.1) is 0 Å². The van der Waals surface area contributed by atoms with Gasteiger partial charge in [-0.2, -0.15) is 0 Å². The molecule has 1 aromatic rings. The Morgan fingerprint density at radius 3 is 2.93 bits per heavy atom. The van der Waals surface area contributed by atoms with Crippen molar-refractivity contribution in [1.29, 1.82) is 0 Å². The first kappa shape index (κ1) is 11.2. The highest BCUT2D eigenvalue weighted by molar-refractivity contribution is 9.10. The molecule has 1 rings (SSSR count). The van der Waals surface area contributed by atoms with Gasteiger partial charge in [-0.05, 0) is 36.6 Å². The molecule has 1 N–H and O–H groups in total. The molecular weight excluding hydrogens is 242 g/mol. The van der Waals surface area contributed by atoms with E-state index in [9.17, 15) is 4.79 Å². The summed E-state index contributed by atoms with van der Waals surface area (Å²) in [5.41, 5.74) is 2.39. The highest BCUT2D eigenvalue weighted by atomic mass is 79.9. The van der Waals surface area contributed by atoms with Crippen LogP contribution in [-0.2, 0) is 11.2 Å². The zero-order chi connectivity index (χ0) is 10.4. The highest BCUT2D eigenvalue weighted by Crippen LogP contribution is 2.22. The fraction of sp³-hybridized carbons (Fsp3) is 0.364. The topological polar surface area (TPSA) is 29.1 Å². The van der Waals surface area contributed by atoms with Gasteiger partial charge < -0.3 is 10.1 Å². The van der Waals surface area contributed by atoms with Crippen LogP contribution in [0.4, 0.5) is 5.69 Å². The maximum Gasteiger partial charge on any atom is 0.120 e. The quantitative estimate of drug-likeness (QED) is 0.648. The Balaban J connectivity index is 2.71. The zero-order valence-electron chi connectivity index (χ0n) is 8.22. The number of carbonyl (C=O) groups is 1. The number of unbranched alkanes of at least 4 members (excludes halogenated alkanes) is 1. The molecule has 14 heavy (non-hydrogen) atoms. The first-order chi connectivity index (χ1) is 6.77. The van der Waals surface area contributed by atoms with Crippen LogP contribution in [0.3, 0.4) is 0 Å². The number of benzene rings is 1. The monoisotopic (exact) mass is 255 g/mol. The number of carbonyl (C=O) groups excluding carboxylic acids is 1. The first-order valence-electron chi connectivity index (χ1n) is 4.67. The molecule has 0 aliphatic rings. The molecule has 0 aliphatic carbocycles. The Morgan fingerprint density at radius 1 is 1.50 bits per heavy atom. The minimum absolute atomic E-state index is 0.635.